The molecule has 0 aromatic heterocycles. The summed E-state index contributed by atoms with van der Waals surface area (Å²) in [6.45, 7) is 1.21. The number of halogens is 2. The highest BCUT2D eigenvalue weighted by atomic mass is 19.3. The summed E-state index contributed by atoms with van der Waals surface area (Å²) in [4.78, 5) is 0. The third kappa shape index (κ3) is 5.21. The topological polar surface area (TPSA) is 41.5 Å². The Labute approximate surface area is 99.4 Å². The van der Waals surface area contributed by atoms with Crippen molar-refractivity contribution in [2.75, 3.05) is 20.3 Å². The van der Waals surface area contributed by atoms with Gasteiger partial charge >= 0.3 is 0 Å². The predicted octanol–water partition coefficient (Wildman–Crippen LogP) is 1.72. The molecule has 1 rings (SSSR count). The lowest BCUT2D eigenvalue weighted by molar-refractivity contribution is 0.0644. The van der Waals surface area contributed by atoms with Crippen molar-refractivity contribution < 1.29 is 18.6 Å². The van der Waals surface area contributed by atoms with Gasteiger partial charge in [0.25, 0.3) is 6.43 Å². The number of nitrogens with one attached hydrogen (secondary N) is 1. The van der Waals surface area contributed by atoms with Crippen LogP contribution in [0, 0.1) is 0 Å². The van der Waals surface area contributed by atoms with Crippen molar-refractivity contribution in [3.8, 4) is 0 Å². The monoisotopic (exact) mass is 245 g/mol. The normalized spacial score (nSPS) is 13.0. The molecule has 3 nitrogen and oxygen atoms in total. The molecule has 5 heteroatoms. The molecule has 1 aromatic rings. The first-order valence-corrected chi connectivity index (χ1v) is 5.38. The molecule has 0 saturated carbocycles. The maximum Gasteiger partial charge on any atom is 0.263 e. The van der Waals surface area contributed by atoms with Crippen LogP contribution in [-0.4, -0.2) is 31.5 Å². The standard InChI is InChI=1S/C12H17F2NO2/c1-17-8-11(16)7-15-6-9-2-4-10(5-3-9)12(13)14/h2-5,11-12,15-16H,6-8H2,1H3. The van der Waals surface area contributed by atoms with E-state index in [1.807, 2.05) is 0 Å². The molecule has 0 saturated heterocycles. The van der Waals surface area contributed by atoms with Gasteiger partial charge in [0, 0.05) is 25.8 Å². The number of aliphatic hydroxyl groups excluding tert-OH is 1. The minimum atomic E-state index is -2.43. The Bertz CT molecular complexity index is 317. The highest BCUT2D eigenvalue weighted by molar-refractivity contribution is 5.23. The fourth-order valence-corrected chi connectivity index (χ4v) is 1.42. The van der Waals surface area contributed by atoms with Crippen LogP contribution in [0.1, 0.15) is 17.6 Å². The van der Waals surface area contributed by atoms with E-state index in [0.717, 1.165) is 5.56 Å². The minimum absolute atomic E-state index is 0.0215. The first-order chi connectivity index (χ1) is 8.13. The molecule has 0 heterocycles. The van der Waals surface area contributed by atoms with Crippen molar-refractivity contribution in [2.24, 2.45) is 0 Å². The second-order valence-corrected chi connectivity index (χ2v) is 3.78. The fourth-order valence-electron chi connectivity index (χ4n) is 1.42. The maximum absolute atomic E-state index is 12.3. The molecule has 0 bridgehead atoms. The fraction of sp³-hybridized carbons (Fsp3) is 0.500. The molecule has 17 heavy (non-hydrogen) atoms. The zero-order valence-electron chi connectivity index (χ0n) is 9.70. The lowest BCUT2D eigenvalue weighted by Gasteiger charge is -2.10. The molecule has 1 atom stereocenters. The number of alkyl halides is 2. The summed E-state index contributed by atoms with van der Waals surface area (Å²) in [5.74, 6) is 0. The van der Waals surface area contributed by atoms with Crippen molar-refractivity contribution in [3.63, 3.8) is 0 Å². The SMILES string of the molecule is COCC(O)CNCc1ccc(C(F)F)cc1. The molecular weight excluding hydrogens is 228 g/mol. The van der Waals surface area contributed by atoms with Crippen LogP contribution in [0.2, 0.25) is 0 Å². The van der Waals surface area contributed by atoms with Gasteiger partial charge in [-0.1, -0.05) is 24.3 Å². The molecule has 0 aliphatic rings. The summed E-state index contributed by atoms with van der Waals surface area (Å²) < 4.78 is 29.3. The van der Waals surface area contributed by atoms with Crippen molar-refractivity contribution in [2.45, 2.75) is 19.1 Å². The second-order valence-electron chi connectivity index (χ2n) is 3.78. The number of hydrogen-bond acceptors (Lipinski definition) is 3. The van der Waals surface area contributed by atoms with Gasteiger partial charge < -0.3 is 15.2 Å². The zero-order chi connectivity index (χ0) is 12.7. The van der Waals surface area contributed by atoms with Crippen molar-refractivity contribution in [1.82, 2.24) is 5.32 Å². The largest absolute Gasteiger partial charge is 0.389 e. The molecular formula is C12H17F2NO2. The van der Waals surface area contributed by atoms with Crippen LogP contribution < -0.4 is 5.32 Å². The molecule has 0 aliphatic heterocycles. The zero-order valence-corrected chi connectivity index (χ0v) is 9.70. The molecule has 1 aromatic carbocycles. The third-order valence-electron chi connectivity index (χ3n) is 2.30. The van der Waals surface area contributed by atoms with E-state index in [9.17, 15) is 13.9 Å². The van der Waals surface area contributed by atoms with E-state index in [1.165, 1.54) is 19.2 Å². The van der Waals surface area contributed by atoms with Crippen LogP contribution in [-0.2, 0) is 11.3 Å². The van der Waals surface area contributed by atoms with Gasteiger partial charge in [0.05, 0.1) is 12.7 Å². The summed E-state index contributed by atoms with van der Waals surface area (Å²) in [5.41, 5.74) is 0.923. The van der Waals surface area contributed by atoms with E-state index in [0.29, 0.717) is 13.1 Å². The van der Waals surface area contributed by atoms with Crippen molar-refractivity contribution in [3.05, 3.63) is 35.4 Å². The summed E-state index contributed by atoms with van der Waals surface area (Å²) >= 11 is 0. The quantitative estimate of drug-likeness (QED) is 0.768. The van der Waals surface area contributed by atoms with Gasteiger partial charge in [-0.05, 0) is 5.56 Å². The summed E-state index contributed by atoms with van der Waals surface area (Å²) in [6, 6.07) is 6.12. The maximum atomic E-state index is 12.3. The van der Waals surface area contributed by atoms with Gasteiger partial charge in [-0.15, -0.1) is 0 Å². The van der Waals surface area contributed by atoms with Crippen LogP contribution in [0.5, 0.6) is 0 Å². The summed E-state index contributed by atoms with van der Waals surface area (Å²) in [5, 5.41) is 12.4. The molecule has 0 fully saturated rings. The molecule has 96 valence electrons. The van der Waals surface area contributed by atoms with Gasteiger partial charge in [-0.2, -0.15) is 0 Å². The number of rotatable bonds is 7. The van der Waals surface area contributed by atoms with Crippen LogP contribution in [0.15, 0.2) is 24.3 Å². The summed E-state index contributed by atoms with van der Waals surface area (Å²) in [6.07, 6.45) is -2.99. The Balaban J connectivity index is 2.32. The lowest BCUT2D eigenvalue weighted by Crippen LogP contribution is -2.29. The minimum Gasteiger partial charge on any atom is -0.389 e. The molecule has 1 unspecified atom stereocenters. The summed E-state index contributed by atoms with van der Waals surface area (Å²) in [7, 11) is 1.52. The number of ether oxygens (including phenoxy) is 1. The van der Waals surface area contributed by atoms with Gasteiger partial charge in [0.1, 0.15) is 0 Å². The van der Waals surface area contributed by atoms with Gasteiger partial charge in [0.2, 0.25) is 0 Å². The molecule has 0 radical (unpaired) electrons. The van der Waals surface area contributed by atoms with Crippen LogP contribution in [0.4, 0.5) is 8.78 Å². The number of benzene rings is 1. The third-order valence-corrected chi connectivity index (χ3v) is 2.30. The van der Waals surface area contributed by atoms with Crippen LogP contribution in [0.25, 0.3) is 0 Å². The molecule has 0 spiro atoms. The molecule has 0 amide bonds. The number of methoxy groups -OCH3 is 1. The van der Waals surface area contributed by atoms with Gasteiger partial charge in [-0.25, -0.2) is 8.78 Å². The van der Waals surface area contributed by atoms with E-state index in [1.54, 1.807) is 12.1 Å². The number of hydrogen-bond donors (Lipinski definition) is 2. The Hall–Kier alpha value is -1.04. The predicted molar refractivity (Wildman–Crippen MR) is 61.0 cm³/mol. The highest BCUT2D eigenvalue weighted by Crippen LogP contribution is 2.18. The van der Waals surface area contributed by atoms with E-state index in [2.05, 4.69) is 5.32 Å². The van der Waals surface area contributed by atoms with Gasteiger partial charge in [0.15, 0.2) is 0 Å². The average molecular weight is 245 g/mol. The van der Waals surface area contributed by atoms with Gasteiger partial charge in [-0.3, -0.25) is 0 Å². The first kappa shape index (κ1) is 14.0. The second kappa shape index (κ2) is 7.32. The highest BCUT2D eigenvalue weighted by Gasteiger charge is 2.06. The smallest absolute Gasteiger partial charge is 0.263 e. The van der Waals surface area contributed by atoms with Crippen molar-refractivity contribution >= 4 is 0 Å². The average Bonchev–Trinajstić information content (AvgIpc) is 2.30. The van der Waals surface area contributed by atoms with Crippen LogP contribution >= 0.6 is 0 Å². The lowest BCUT2D eigenvalue weighted by atomic mass is 10.1. The van der Waals surface area contributed by atoms with E-state index < -0.39 is 12.5 Å². The van der Waals surface area contributed by atoms with E-state index in [-0.39, 0.29) is 12.2 Å². The first-order valence-electron chi connectivity index (χ1n) is 5.38. The van der Waals surface area contributed by atoms with E-state index in [4.69, 9.17) is 4.74 Å². The molecule has 2 N–H and O–H groups in total. The Morgan fingerprint density at radius 2 is 1.94 bits per heavy atom. The Morgan fingerprint density at radius 1 is 1.29 bits per heavy atom. The Kier molecular flexibility index (Phi) is 6.04. The van der Waals surface area contributed by atoms with Crippen LogP contribution in [0.3, 0.4) is 0 Å². The number of aliphatic hydroxyl groups is 1. The Morgan fingerprint density at radius 3 is 2.47 bits per heavy atom. The van der Waals surface area contributed by atoms with Crippen molar-refractivity contribution in [1.29, 1.82) is 0 Å². The molecule has 0 aliphatic carbocycles. The van der Waals surface area contributed by atoms with E-state index >= 15 is 0 Å².